The van der Waals surface area contributed by atoms with Crippen molar-refractivity contribution in [3.8, 4) is 0 Å². The number of piperazine rings is 1. The van der Waals surface area contributed by atoms with E-state index in [9.17, 15) is 5.11 Å². The van der Waals surface area contributed by atoms with Gasteiger partial charge in [0.2, 0.25) is 0 Å². The van der Waals surface area contributed by atoms with E-state index in [2.05, 4.69) is 58.4 Å². The summed E-state index contributed by atoms with van der Waals surface area (Å²) in [5, 5.41) is 16.0. The Morgan fingerprint density at radius 1 is 1.18 bits per heavy atom. The molecule has 0 spiro atoms. The first-order valence-corrected chi connectivity index (χ1v) is 10.7. The maximum Gasteiger partial charge on any atom is 0.191 e. The molecule has 1 aromatic rings. The number of likely N-dealkylation sites (N-methyl/N-ethyl adjacent to an activating group) is 1. The number of aromatic nitrogens is 1. The van der Waals surface area contributed by atoms with Gasteiger partial charge in [0.25, 0.3) is 0 Å². The lowest BCUT2D eigenvalue weighted by Gasteiger charge is -2.33. The van der Waals surface area contributed by atoms with Gasteiger partial charge in [0.15, 0.2) is 5.96 Å². The number of anilines is 1. The van der Waals surface area contributed by atoms with Crippen molar-refractivity contribution in [2.45, 2.75) is 39.7 Å². The standard InChI is InChI=1S/C21H38N6O/c1-4-6-18(9-14-28)15-24-21(22-5-2)25-17-19-7-8-20(23-16-19)27-12-10-26(3)11-13-27/h7-8,16,18,28H,4-6,9-15,17H2,1-3H3,(H2,22,24,25). The summed E-state index contributed by atoms with van der Waals surface area (Å²) in [5.74, 6) is 2.35. The second kappa shape index (κ2) is 12.6. The smallest absolute Gasteiger partial charge is 0.191 e. The SMILES string of the molecule is CCCC(CCO)CNC(=NCc1ccc(N2CCN(C)CC2)nc1)NCC. The van der Waals surface area contributed by atoms with E-state index in [4.69, 9.17) is 4.99 Å². The van der Waals surface area contributed by atoms with E-state index in [1.165, 1.54) is 0 Å². The Morgan fingerprint density at radius 2 is 1.96 bits per heavy atom. The molecule has 3 N–H and O–H groups in total. The lowest BCUT2D eigenvalue weighted by Crippen LogP contribution is -2.44. The minimum Gasteiger partial charge on any atom is -0.396 e. The third kappa shape index (κ3) is 7.64. The number of rotatable bonds is 10. The highest BCUT2D eigenvalue weighted by Crippen LogP contribution is 2.14. The molecule has 1 saturated heterocycles. The highest BCUT2D eigenvalue weighted by molar-refractivity contribution is 5.79. The molecule has 1 atom stereocenters. The van der Waals surface area contributed by atoms with Crippen LogP contribution in [-0.2, 0) is 6.54 Å². The molecule has 7 nitrogen and oxygen atoms in total. The lowest BCUT2D eigenvalue weighted by atomic mass is 10.0. The van der Waals surface area contributed by atoms with Crippen LogP contribution in [0.4, 0.5) is 5.82 Å². The zero-order valence-electron chi connectivity index (χ0n) is 17.8. The van der Waals surface area contributed by atoms with Crippen molar-refractivity contribution >= 4 is 11.8 Å². The zero-order valence-corrected chi connectivity index (χ0v) is 17.8. The van der Waals surface area contributed by atoms with E-state index >= 15 is 0 Å². The summed E-state index contributed by atoms with van der Waals surface area (Å²) in [6.07, 6.45) is 5.01. The molecule has 1 aromatic heterocycles. The van der Waals surface area contributed by atoms with Gasteiger partial charge in [-0.2, -0.15) is 0 Å². The molecule has 158 valence electrons. The number of hydrogen-bond donors (Lipinski definition) is 3. The summed E-state index contributed by atoms with van der Waals surface area (Å²) < 4.78 is 0. The third-order valence-electron chi connectivity index (χ3n) is 5.19. The van der Waals surface area contributed by atoms with Crippen LogP contribution in [0.25, 0.3) is 0 Å². The monoisotopic (exact) mass is 390 g/mol. The molecule has 2 rings (SSSR count). The van der Waals surface area contributed by atoms with Crippen molar-refractivity contribution in [3.05, 3.63) is 23.9 Å². The number of hydrogen-bond acceptors (Lipinski definition) is 5. The van der Waals surface area contributed by atoms with Crippen LogP contribution in [0.3, 0.4) is 0 Å². The Hall–Kier alpha value is -1.86. The number of guanidine groups is 1. The average molecular weight is 391 g/mol. The van der Waals surface area contributed by atoms with Gasteiger partial charge >= 0.3 is 0 Å². The van der Waals surface area contributed by atoms with E-state index in [0.717, 1.165) is 75.9 Å². The molecule has 0 bridgehead atoms. The predicted molar refractivity (Wildman–Crippen MR) is 117 cm³/mol. The zero-order chi connectivity index (χ0) is 20.2. The second-order valence-corrected chi connectivity index (χ2v) is 7.56. The van der Waals surface area contributed by atoms with Gasteiger partial charge < -0.3 is 25.5 Å². The van der Waals surface area contributed by atoms with Gasteiger partial charge in [-0.3, -0.25) is 0 Å². The van der Waals surface area contributed by atoms with Crippen LogP contribution in [0.2, 0.25) is 0 Å². The normalized spacial score (nSPS) is 16.9. The Balaban J connectivity index is 1.88. The molecule has 1 fully saturated rings. The van der Waals surface area contributed by atoms with Crippen molar-refractivity contribution in [2.75, 3.05) is 57.8 Å². The predicted octanol–water partition coefficient (Wildman–Crippen LogP) is 1.69. The molecule has 0 aliphatic carbocycles. The van der Waals surface area contributed by atoms with Crippen LogP contribution >= 0.6 is 0 Å². The van der Waals surface area contributed by atoms with Gasteiger partial charge in [-0.25, -0.2) is 9.98 Å². The van der Waals surface area contributed by atoms with Crippen molar-refractivity contribution < 1.29 is 5.11 Å². The number of aliphatic imine (C=N–C) groups is 1. The Labute approximate surface area is 170 Å². The molecule has 0 saturated carbocycles. The highest BCUT2D eigenvalue weighted by atomic mass is 16.3. The number of pyridine rings is 1. The number of nitrogens with one attached hydrogen (secondary N) is 2. The summed E-state index contributed by atoms with van der Waals surface area (Å²) in [4.78, 5) is 14.0. The molecular weight excluding hydrogens is 352 g/mol. The molecule has 7 heteroatoms. The summed E-state index contributed by atoms with van der Waals surface area (Å²) >= 11 is 0. The summed E-state index contributed by atoms with van der Waals surface area (Å²) in [5.41, 5.74) is 1.11. The van der Waals surface area contributed by atoms with Crippen LogP contribution in [0, 0.1) is 5.92 Å². The fraction of sp³-hybridized carbons (Fsp3) is 0.714. The van der Waals surface area contributed by atoms with Crippen molar-refractivity contribution in [1.82, 2.24) is 20.5 Å². The van der Waals surface area contributed by atoms with Crippen molar-refractivity contribution in [2.24, 2.45) is 10.9 Å². The molecule has 1 unspecified atom stereocenters. The maximum atomic E-state index is 9.23. The van der Waals surface area contributed by atoms with Crippen LogP contribution in [0.15, 0.2) is 23.3 Å². The minimum atomic E-state index is 0.241. The summed E-state index contributed by atoms with van der Waals surface area (Å²) in [6.45, 7) is 11.0. The van der Waals surface area contributed by atoms with Gasteiger partial charge in [0.05, 0.1) is 6.54 Å². The van der Waals surface area contributed by atoms with Crippen LogP contribution in [0.1, 0.15) is 38.7 Å². The van der Waals surface area contributed by atoms with E-state index in [0.29, 0.717) is 12.5 Å². The molecule has 0 aromatic carbocycles. The van der Waals surface area contributed by atoms with Gasteiger partial charge in [-0.05, 0) is 44.4 Å². The molecular formula is C21H38N6O. The van der Waals surface area contributed by atoms with Crippen LogP contribution < -0.4 is 15.5 Å². The first-order valence-electron chi connectivity index (χ1n) is 10.7. The van der Waals surface area contributed by atoms with Gasteiger partial charge in [-0.15, -0.1) is 0 Å². The molecule has 0 amide bonds. The first-order chi connectivity index (χ1) is 13.7. The van der Waals surface area contributed by atoms with Crippen molar-refractivity contribution in [3.63, 3.8) is 0 Å². The largest absolute Gasteiger partial charge is 0.396 e. The maximum absolute atomic E-state index is 9.23. The van der Waals surface area contributed by atoms with Crippen LogP contribution in [-0.4, -0.2) is 73.9 Å². The Kier molecular flexibility index (Phi) is 10.1. The van der Waals surface area contributed by atoms with Gasteiger partial charge in [0, 0.05) is 52.1 Å². The van der Waals surface area contributed by atoms with E-state index in [-0.39, 0.29) is 6.61 Å². The van der Waals surface area contributed by atoms with Crippen molar-refractivity contribution in [1.29, 1.82) is 0 Å². The lowest BCUT2D eigenvalue weighted by molar-refractivity contribution is 0.251. The van der Waals surface area contributed by atoms with E-state index < -0.39 is 0 Å². The fourth-order valence-electron chi connectivity index (χ4n) is 3.43. The fourth-order valence-corrected chi connectivity index (χ4v) is 3.43. The van der Waals surface area contributed by atoms with Gasteiger partial charge in [-0.1, -0.05) is 19.4 Å². The average Bonchev–Trinajstić information content (AvgIpc) is 2.71. The van der Waals surface area contributed by atoms with Gasteiger partial charge in [0.1, 0.15) is 5.82 Å². The van der Waals surface area contributed by atoms with E-state index in [1.807, 2.05) is 6.20 Å². The molecule has 2 heterocycles. The highest BCUT2D eigenvalue weighted by Gasteiger charge is 2.15. The Bertz CT molecular complexity index is 563. The summed E-state index contributed by atoms with van der Waals surface area (Å²) in [7, 11) is 2.16. The topological polar surface area (TPSA) is 76.0 Å². The Morgan fingerprint density at radius 3 is 2.57 bits per heavy atom. The second-order valence-electron chi connectivity index (χ2n) is 7.56. The number of aliphatic hydroxyl groups is 1. The number of aliphatic hydroxyl groups excluding tert-OH is 1. The van der Waals surface area contributed by atoms with E-state index in [1.54, 1.807) is 0 Å². The third-order valence-corrected chi connectivity index (χ3v) is 5.19. The van der Waals surface area contributed by atoms with Crippen LogP contribution in [0.5, 0.6) is 0 Å². The molecule has 1 aliphatic rings. The minimum absolute atomic E-state index is 0.241. The molecule has 28 heavy (non-hydrogen) atoms. The quantitative estimate of drug-likeness (QED) is 0.417. The molecule has 1 aliphatic heterocycles. The summed E-state index contributed by atoms with van der Waals surface area (Å²) in [6, 6.07) is 4.23. The first kappa shape index (κ1) is 22.4. The number of nitrogens with zero attached hydrogens (tertiary/aromatic N) is 4. The molecule has 0 radical (unpaired) electrons.